The first-order chi connectivity index (χ1) is 24.4. The van der Waals surface area contributed by atoms with Gasteiger partial charge in [0, 0.05) is 25.7 Å². The van der Waals surface area contributed by atoms with Crippen LogP contribution in [0.5, 0.6) is 5.75 Å². The van der Waals surface area contributed by atoms with Crippen LogP contribution in [0.1, 0.15) is 97.2 Å². The van der Waals surface area contributed by atoms with Crippen LogP contribution in [0.2, 0.25) is 0 Å². The molecule has 2 aromatic carbocycles. The molecule has 2 aromatic heterocycles. The van der Waals surface area contributed by atoms with E-state index in [1.54, 1.807) is 50.1 Å². The van der Waals surface area contributed by atoms with Crippen LogP contribution < -0.4 is 15.4 Å². The molecule has 52 heavy (non-hydrogen) atoms. The Morgan fingerprint density at radius 2 is 1.71 bits per heavy atom. The SMILES string of the molecule is C.CCOP(=O)(Cc1ccc(Nc2ncc(C(F)(F)F)c(Nc3ccc(C4CCC(c5nn[nH]n5)CC4)c4c3C(=O)N(C)C4)n2)c(OC)c1)OCC. The molecule has 1 amide bonds. The fourth-order valence-electron chi connectivity index (χ4n) is 6.75. The van der Waals surface area contributed by atoms with Crippen molar-refractivity contribution in [2.24, 2.45) is 0 Å². The third-order valence-corrected chi connectivity index (χ3v) is 11.1. The largest absolute Gasteiger partial charge is 0.495 e. The lowest BCUT2D eigenvalue weighted by Crippen LogP contribution is -2.18. The minimum Gasteiger partial charge on any atom is -0.495 e. The molecule has 1 aliphatic carbocycles. The van der Waals surface area contributed by atoms with Gasteiger partial charge < -0.3 is 29.3 Å². The number of ether oxygens (including phenoxy) is 1. The first kappa shape index (κ1) is 38.6. The number of halogens is 3. The average molecular weight is 746 g/mol. The van der Waals surface area contributed by atoms with Crippen molar-refractivity contribution in [2.45, 2.75) is 77.7 Å². The number of hydrogen-bond acceptors (Lipinski definition) is 12. The summed E-state index contributed by atoms with van der Waals surface area (Å²) < 4.78 is 72.2. The van der Waals surface area contributed by atoms with E-state index in [2.05, 4.69) is 41.2 Å². The quantitative estimate of drug-likeness (QED) is 0.113. The summed E-state index contributed by atoms with van der Waals surface area (Å²) in [6, 6.07) is 8.45. The number of amides is 1. The van der Waals surface area contributed by atoms with Crippen molar-refractivity contribution >= 4 is 36.6 Å². The fourth-order valence-corrected chi connectivity index (χ4v) is 8.43. The Bertz CT molecular complexity index is 1910. The summed E-state index contributed by atoms with van der Waals surface area (Å²) in [5.74, 6) is 0.384. The molecular weight excluding hydrogens is 702 g/mol. The zero-order valence-electron chi connectivity index (χ0n) is 28.6. The second-order valence-corrected chi connectivity index (χ2v) is 14.4. The van der Waals surface area contributed by atoms with E-state index in [1.165, 1.54) is 7.11 Å². The van der Waals surface area contributed by atoms with Crippen molar-refractivity contribution in [3.8, 4) is 5.75 Å². The van der Waals surface area contributed by atoms with Gasteiger partial charge in [0.2, 0.25) is 5.95 Å². The number of nitrogens with zero attached hydrogens (tertiary/aromatic N) is 6. The number of H-pyrrole nitrogens is 1. The number of methoxy groups -OCH3 is 1. The number of alkyl halides is 3. The molecule has 14 nitrogen and oxygen atoms in total. The number of carbonyl (C=O) groups is 1. The smallest absolute Gasteiger partial charge is 0.421 e. The number of rotatable bonds is 13. The summed E-state index contributed by atoms with van der Waals surface area (Å²) in [6.45, 7) is 4.19. The van der Waals surface area contributed by atoms with E-state index in [1.807, 2.05) is 6.07 Å². The van der Waals surface area contributed by atoms with Gasteiger partial charge in [-0.1, -0.05) is 24.8 Å². The van der Waals surface area contributed by atoms with Crippen LogP contribution in [0.4, 0.5) is 36.3 Å². The number of aromatic nitrogens is 6. The van der Waals surface area contributed by atoms with E-state index in [0.717, 1.165) is 36.8 Å². The summed E-state index contributed by atoms with van der Waals surface area (Å²) in [4.78, 5) is 23.1. The molecule has 3 heterocycles. The summed E-state index contributed by atoms with van der Waals surface area (Å²) in [6.07, 6.45) is -0.724. The monoisotopic (exact) mass is 745 g/mol. The maximum atomic E-state index is 14.3. The van der Waals surface area contributed by atoms with Crippen LogP contribution in [0.15, 0.2) is 36.5 Å². The van der Waals surface area contributed by atoms with Crippen molar-refractivity contribution < 1.29 is 36.3 Å². The number of nitrogens with one attached hydrogen (secondary N) is 3. The van der Waals surface area contributed by atoms with E-state index in [-0.39, 0.29) is 56.2 Å². The van der Waals surface area contributed by atoms with Crippen molar-refractivity contribution in [1.29, 1.82) is 0 Å². The van der Waals surface area contributed by atoms with Crippen LogP contribution in [0, 0.1) is 0 Å². The van der Waals surface area contributed by atoms with Gasteiger partial charge >= 0.3 is 13.8 Å². The molecule has 1 aliphatic heterocycles. The summed E-state index contributed by atoms with van der Waals surface area (Å²) >= 11 is 0. The number of aromatic amines is 1. The molecule has 4 aromatic rings. The Morgan fingerprint density at radius 3 is 2.35 bits per heavy atom. The highest BCUT2D eigenvalue weighted by atomic mass is 31.2. The van der Waals surface area contributed by atoms with Gasteiger partial charge in [-0.2, -0.15) is 23.4 Å². The molecule has 0 bridgehead atoms. The highest BCUT2D eigenvalue weighted by molar-refractivity contribution is 7.53. The van der Waals surface area contributed by atoms with E-state index < -0.39 is 25.2 Å². The van der Waals surface area contributed by atoms with Crippen LogP contribution in [-0.4, -0.2) is 68.8 Å². The first-order valence-electron chi connectivity index (χ1n) is 16.6. The molecule has 0 atom stereocenters. The maximum absolute atomic E-state index is 14.3. The second kappa shape index (κ2) is 16.0. The van der Waals surface area contributed by atoms with Crippen LogP contribution >= 0.6 is 7.60 Å². The van der Waals surface area contributed by atoms with E-state index in [0.29, 0.717) is 41.1 Å². The maximum Gasteiger partial charge on any atom is 0.421 e. The lowest BCUT2D eigenvalue weighted by Gasteiger charge is -2.28. The Morgan fingerprint density at radius 1 is 1.02 bits per heavy atom. The van der Waals surface area contributed by atoms with Crippen molar-refractivity contribution in [1.82, 2.24) is 35.5 Å². The molecule has 18 heteroatoms. The lowest BCUT2D eigenvalue weighted by molar-refractivity contribution is -0.137. The molecule has 280 valence electrons. The Labute approximate surface area is 299 Å². The molecule has 0 unspecified atom stereocenters. The molecular formula is C34H43F3N9O5P. The van der Waals surface area contributed by atoms with Gasteiger partial charge in [-0.05, 0) is 80.3 Å². The minimum atomic E-state index is -4.80. The number of anilines is 4. The van der Waals surface area contributed by atoms with Gasteiger partial charge in [0.15, 0.2) is 5.82 Å². The third-order valence-electron chi connectivity index (χ3n) is 9.09. The summed E-state index contributed by atoms with van der Waals surface area (Å²) in [5, 5.41) is 20.2. The topological polar surface area (TPSA) is 169 Å². The molecule has 0 spiro atoms. The molecule has 0 saturated heterocycles. The molecule has 2 aliphatic rings. The molecule has 3 N–H and O–H groups in total. The number of hydrogen-bond donors (Lipinski definition) is 3. The average Bonchev–Trinajstić information content (AvgIpc) is 3.74. The van der Waals surface area contributed by atoms with E-state index in [4.69, 9.17) is 13.8 Å². The van der Waals surface area contributed by atoms with Gasteiger partial charge in [-0.25, -0.2) is 4.98 Å². The lowest BCUT2D eigenvalue weighted by atomic mass is 9.76. The van der Waals surface area contributed by atoms with Gasteiger partial charge in [0.25, 0.3) is 5.91 Å². The van der Waals surface area contributed by atoms with E-state index in [9.17, 15) is 22.5 Å². The van der Waals surface area contributed by atoms with Gasteiger partial charge in [0.1, 0.15) is 17.1 Å². The summed E-state index contributed by atoms with van der Waals surface area (Å²) in [7, 11) is -0.310. The number of fused-ring (bicyclic) bond motifs is 1. The van der Waals surface area contributed by atoms with Gasteiger partial charge in [0.05, 0.1) is 43.4 Å². The number of tetrazole rings is 1. The van der Waals surface area contributed by atoms with E-state index >= 15 is 0 Å². The molecule has 0 radical (unpaired) electrons. The molecule has 1 fully saturated rings. The van der Waals surface area contributed by atoms with Crippen LogP contribution in [0.25, 0.3) is 0 Å². The zero-order chi connectivity index (χ0) is 36.3. The highest BCUT2D eigenvalue weighted by Gasteiger charge is 2.38. The second-order valence-electron chi connectivity index (χ2n) is 12.4. The van der Waals surface area contributed by atoms with Crippen LogP contribution in [-0.2, 0) is 32.5 Å². The third kappa shape index (κ3) is 8.21. The number of carbonyl (C=O) groups excluding carboxylic acids is 1. The Balaban J connectivity index is 0.00000523. The fraction of sp³-hybridized carbons (Fsp3) is 0.471. The van der Waals surface area contributed by atoms with Crippen LogP contribution in [0.3, 0.4) is 0 Å². The summed E-state index contributed by atoms with van der Waals surface area (Å²) in [5.41, 5.74) is 2.19. The predicted octanol–water partition coefficient (Wildman–Crippen LogP) is 7.93. The minimum absolute atomic E-state index is 0. The van der Waals surface area contributed by atoms with Gasteiger partial charge in [-0.15, -0.1) is 10.2 Å². The van der Waals surface area contributed by atoms with Crippen molar-refractivity contribution in [3.63, 3.8) is 0 Å². The standard InChI is InChI=1S/C33H39F3N9O5P.CH4/c1-5-49-51(47,50-6-2)18-19-7-13-25(27(15-19)48-4)39-32-37-16-24(33(34,35)36)30(40-32)38-26-14-12-22(23-17-45(3)31(46)28(23)26)20-8-10-21(11-9-20)29-41-43-44-42-29;/h7,12-16,20-21H,5-6,8-11,17-18H2,1-4H3,(H2,37,38,39,40)(H,41,42,43,44);1H4. The number of benzene rings is 2. The van der Waals surface area contributed by atoms with Crippen molar-refractivity contribution in [3.05, 3.63) is 70.2 Å². The highest BCUT2D eigenvalue weighted by Crippen LogP contribution is 2.52. The Hall–Kier alpha value is -4.60. The molecule has 6 rings (SSSR count). The Kier molecular flexibility index (Phi) is 11.9. The van der Waals surface area contributed by atoms with Crippen molar-refractivity contribution in [2.75, 3.05) is 38.0 Å². The first-order valence-corrected chi connectivity index (χ1v) is 18.3. The zero-order valence-corrected chi connectivity index (χ0v) is 29.5. The predicted molar refractivity (Wildman–Crippen MR) is 188 cm³/mol. The normalized spacial score (nSPS) is 17.4. The van der Waals surface area contributed by atoms with Gasteiger partial charge in [-0.3, -0.25) is 9.36 Å². The molecule has 1 saturated carbocycles.